The summed E-state index contributed by atoms with van der Waals surface area (Å²) in [5.74, 6) is 0.547. The van der Waals surface area contributed by atoms with E-state index in [2.05, 4.69) is 16.4 Å². The molecule has 0 amide bonds. The van der Waals surface area contributed by atoms with Gasteiger partial charge in [0.25, 0.3) is 0 Å². The number of nitrogens with zero attached hydrogens (tertiary/aromatic N) is 2. The quantitative estimate of drug-likeness (QED) is 0.843. The second-order valence-corrected chi connectivity index (χ2v) is 4.63. The van der Waals surface area contributed by atoms with E-state index in [0.717, 1.165) is 19.4 Å². The van der Waals surface area contributed by atoms with E-state index in [0.29, 0.717) is 24.1 Å². The molecule has 0 bridgehead atoms. The first-order chi connectivity index (χ1) is 8.88. The van der Waals surface area contributed by atoms with E-state index in [4.69, 9.17) is 10.00 Å². The van der Waals surface area contributed by atoms with Gasteiger partial charge in [-0.1, -0.05) is 6.42 Å². The number of halogens is 1. The molecule has 2 heterocycles. The number of ether oxygens (including phenoxy) is 1. The number of nitrogens with one attached hydrogen (secondary N) is 1. The zero-order valence-corrected chi connectivity index (χ0v) is 11.8. The summed E-state index contributed by atoms with van der Waals surface area (Å²) in [4.78, 5) is 4.08. The molecular weight excluding hydrogens is 262 g/mol. The van der Waals surface area contributed by atoms with E-state index < -0.39 is 0 Å². The SMILES string of the molecule is Cl.N#Cc1ccnc(OCCCC2CCCCN2)c1. The van der Waals surface area contributed by atoms with Crippen LogP contribution in [-0.4, -0.2) is 24.2 Å². The Balaban J connectivity index is 0.00000180. The minimum atomic E-state index is 0. The molecule has 1 saturated heterocycles. The third-order valence-electron chi connectivity index (χ3n) is 3.22. The van der Waals surface area contributed by atoms with Gasteiger partial charge in [0.15, 0.2) is 0 Å². The lowest BCUT2D eigenvalue weighted by Gasteiger charge is -2.23. The number of pyridine rings is 1. The zero-order chi connectivity index (χ0) is 12.6. The highest BCUT2D eigenvalue weighted by Crippen LogP contribution is 2.13. The Bertz CT molecular complexity index is 413. The third kappa shape index (κ3) is 5.46. The van der Waals surface area contributed by atoms with Gasteiger partial charge in [-0.2, -0.15) is 5.26 Å². The second kappa shape index (κ2) is 8.73. The third-order valence-corrected chi connectivity index (χ3v) is 3.22. The molecule has 104 valence electrons. The molecule has 0 saturated carbocycles. The number of piperidine rings is 1. The van der Waals surface area contributed by atoms with Crippen molar-refractivity contribution in [2.24, 2.45) is 0 Å². The second-order valence-electron chi connectivity index (χ2n) is 4.63. The molecule has 19 heavy (non-hydrogen) atoms. The summed E-state index contributed by atoms with van der Waals surface area (Å²) in [6.45, 7) is 1.82. The molecule has 1 unspecified atom stereocenters. The van der Waals surface area contributed by atoms with E-state index >= 15 is 0 Å². The summed E-state index contributed by atoms with van der Waals surface area (Å²) in [5.41, 5.74) is 0.592. The summed E-state index contributed by atoms with van der Waals surface area (Å²) < 4.78 is 5.55. The average molecular weight is 282 g/mol. The Hall–Kier alpha value is -1.31. The van der Waals surface area contributed by atoms with E-state index in [1.807, 2.05) is 0 Å². The van der Waals surface area contributed by atoms with Crippen molar-refractivity contribution < 1.29 is 4.74 Å². The van der Waals surface area contributed by atoms with Crippen molar-refractivity contribution in [3.63, 3.8) is 0 Å². The minimum Gasteiger partial charge on any atom is -0.478 e. The van der Waals surface area contributed by atoms with Crippen molar-refractivity contribution in [2.75, 3.05) is 13.2 Å². The smallest absolute Gasteiger partial charge is 0.214 e. The number of nitriles is 1. The van der Waals surface area contributed by atoms with Gasteiger partial charge in [0, 0.05) is 18.3 Å². The van der Waals surface area contributed by atoms with Crippen molar-refractivity contribution in [3.05, 3.63) is 23.9 Å². The molecule has 0 aromatic carbocycles. The van der Waals surface area contributed by atoms with E-state index in [-0.39, 0.29) is 12.4 Å². The van der Waals surface area contributed by atoms with Crippen LogP contribution in [0.3, 0.4) is 0 Å². The molecule has 1 aromatic heterocycles. The molecule has 2 rings (SSSR count). The first-order valence-corrected chi connectivity index (χ1v) is 6.61. The topological polar surface area (TPSA) is 57.9 Å². The number of aromatic nitrogens is 1. The predicted molar refractivity (Wildman–Crippen MR) is 76.6 cm³/mol. The molecule has 1 aliphatic rings. The van der Waals surface area contributed by atoms with Crippen LogP contribution < -0.4 is 10.1 Å². The Morgan fingerprint density at radius 1 is 1.47 bits per heavy atom. The number of hydrogen-bond donors (Lipinski definition) is 1. The maximum absolute atomic E-state index is 8.76. The normalized spacial score (nSPS) is 18.2. The van der Waals surface area contributed by atoms with Crippen LogP contribution >= 0.6 is 12.4 Å². The molecule has 1 fully saturated rings. The van der Waals surface area contributed by atoms with Crippen molar-refractivity contribution >= 4 is 12.4 Å². The number of rotatable bonds is 5. The molecule has 1 N–H and O–H groups in total. The van der Waals surface area contributed by atoms with Gasteiger partial charge in [0.2, 0.25) is 5.88 Å². The first-order valence-electron chi connectivity index (χ1n) is 6.61. The largest absolute Gasteiger partial charge is 0.478 e. The van der Waals surface area contributed by atoms with Gasteiger partial charge < -0.3 is 10.1 Å². The molecular formula is C14H20ClN3O. The maximum atomic E-state index is 8.76. The zero-order valence-electron chi connectivity index (χ0n) is 11.0. The highest BCUT2D eigenvalue weighted by Gasteiger charge is 2.11. The molecule has 1 aliphatic heterocycles. The van der Waals surface area contributed by atoms with E-state index in [1.54, 1.807) is 18.3 Å². The molecule has 0 aliphatic carbocycles. The first kappa shape index (κ1) is 15.7. The fraction of sp³-hybridized carbons (Fsp3) is 0.571. The lowest BCUT2D eigenvalue weighted by atomic mass is 10.0. The van der Waals surface area contributed by atoms with Crippen LogP contribution in [0, 0.1) is 11.3 Å². The maximum Gasteiger partial charge on any atom is 0.214 e. The molecule has 4 nitrogen and oxygen atoms in total. The van der Waals surface area contributed by atoms with Gasteiger partial charge >= 0.3 is 0 Å². The molecule has 0 spiro atoms. The highest BCUT2D eigenvalue weighted by atomic mass is 35.5. The Kier molecular flexibility index (Phi) is 7.24. The standard InChI is InChI=1S/C14H19N3O.ClH/c15-11-12-6-8-17-14(10-12)18-9-3-5-13-4-1-2-7-16-13;/h6,8,10,13,16H,1-5,7,9H2;1H. The Morgan fingerprint density at radius 2 is 2.37 bits per heavy atom. The molecule has 1 atom stereocenters. The van der Waals surface area contributed by atoms with Crippen LogP contribution in [0.1, 0.15) is 37.7 Å². The van der Waals surface area contributed by atoms with Gasteiger partial charge in [0.1, 0.15) is 0 Å². The molecule has 1 aromatic rings. The lowest BCUT2D eigenvalue weighted by Crippen LogP contribution is -2.34. The van der Waals surface area contributed by atoms with Crippen LogP contribution in [0.4, 0.5) is 0 Å². The molecule has 5 heteroatoms. The van der Waals surface area contributed by atoms with Crippen molar-refractivity contribution in [1.29, 1.82) is 5.26 Å². The van der Waals surface area contributed by atoms with Crippen molar-refractivity contribution in [2.45, 2.75) is 38.1 Å². The van der Waals surface area contributed by atoms with Gasteiger partial charge in [-0.05, 0) is 38.3 Å². The summed E-state index contributed by atoms with van der Waals surface area (Å²) in [6.07, 6.45) is 7.70. The van der Waals surface area contributed by atoms with Gasteiger partial charge in [-0.25, -0.2) is 4.98 Å². The van der Waals surface area contributed by atoms with Crippen molar-refractivity contribution in [3.8, 4) is 11.9 Å². The van der Waals surface area contributed by atoms with E-state index in [9.17, 15) is 0 Å². The van der Waals surface area contributed by atoms with Crippen LogP contribution in [-0.2, 0) is 0 Å². The Morgan fingerprint density at radius 3 is 3.11 bits per heavy atom. The van der Waals surface area contributed by atoms with Crippen LogP contribution in [0.15, 0.2) is 18.3 Å². The highest BCUT2D eigenvalue weighted by molar-refractivity contribution is 5.85. The fourth-order valence-corrected chi connectivity index (χ4v) is 2.23. The summed E-state index contributed by atoms with van der Waals surface area (Å²) in [5, 5.41) is 12.3. The summed E-state index contributed by atoms with van der Waals surface area (Å²) in [7, 11) is 0. The summed E-state index contributed by atoms with van der Waals surface area (Å²) in [6, 6.07) is 6.09. The predicted octanol–water partition coefficient (Wildman–Crippen LogP) is 2.68. The summed E-state index contributed by atoms with van der Waals surface area (Å²) >= 11 is 0. The van der Waals surface area contributed by atoms with Crippen molar-refractivity contribution in [1.82, 2.24) is 10.3 Å². The average Bonchev–Trinajstić information content (AvgIpc) is 2.45. The fourth-order valence-electron chi connectivity index (χ4n) is 2.23. The monoisotopic (exact) mass is 281 g/mol. The van der Waals surface area contributed by atoms with Gasteiger partial charge in [-0.15, -0.1) is 12.4 Å². The number of hydrogen-bond acceptors (Lipinski definition) is 4. The lowest BCUT2D eigenvalue weighted by molar-refractivity contribution is 0.276. The van der Waals surface area contributed by atoms with Crippen LogP contribution in [0.5, 0.6) is 5.88 Å². The molecule has 0 radical (unpaired) electrons. The Labute approximate surface area is 120 Å². The minimum absolute atomic E-state index is 0. The van der Waals surface area contributed by atoms with E-state index in [1.165, 1.54) is 19.3 Å². The van der Waals surface area contributed by atoms with Crippen LogP contribution in [0.2, 0.25) is 0 Å². The van der Waals surface area contributed by atoms with Crippen LogP contribution in [0.25, 0.3) is 0 Å². The van der Waals surface area contributed by atoms with Gasteiger partial charge in [0.05, 0.1) is 18.2 Å². The van der Waals surface area contributed by atoms with Gasteiger partial charge in [-0.3, -0.25) is 0 Å².